The Balaban J connectivity index is 1.84. The zero-order valence-electron chi connectivity index (χ0n) is 11.6. The molecule has 4 nitrogen and oxygen atoms in total. The molecule has 0 aromatic heterocycles. The Labute approximate surface area is 141 Å². The molecular formula is C15H19Br2NO3. The van der Waals surface area contributed by atoms with Crippen molar-refractivity contribution in [3.63, 3.8) is 0 Å². The predicted molar refractivity (Wildman–Crippen MR) is 88.3 cm³/mol. The molecule has 1 saturated carbocycles. The predicted octanol–water partition coefficient (Wildman–Crippen LogP) is 3.26. The molecule has 2 unspecified atom stereocenters. The molecule has 2 N–H and O–H groups in total. The van der Waals surface area contributed by atoms with E-state index in [4.69, 9.17) is 4.74 Å². The summed E-state index contributed by atoms with van der Waals surface area (Å²) in [7, 11) is 0. The van der Waals surface area contributed by atoms with Crippen molar-refractivity contribution in [2.45, 2.75) is 31.7 Å². The summed E-state index contributed by atoms with van der Waals surface area (Å²) in [4.78, 5) is 12.0. The van der Waals surface area contributed by atoms with Crippen LogP contribution in [-0.4, -0.2) is 30.3 Å². The number of hydrogen-bond donors (Lipinski definition) is 2. The molecule has 0 spiro atoms. The molecule has 0 heterocycles. The van der Waals surface area contributed by atoms with Crippen LogP contribution in [0.2, 0.25) is 0 Å². The van der Waals surface area contributed by atoms with Crippen molar-refractivity contribution in [3.05, 3.63) is 27.1 Å². The molecule has 1 amide bonds. The highest BCUT2D eigenvalue weighted by atomic mass is 79.9. The Kier molecular flexibility index (Phi) is 6.51. The molecule has 0 saturated heterocycles. The number of halogens is 2. The van der Waals surface area contributed by atoms with Gasteiger partial charge < -0.3 is 15.2 Å². The van der Waals surface area contributed by atoms with E-state index < -0.39 is 0 Å². The van der Waals surface area contributed by atoms with E-state index >= 15 is 0 Å². The largest absolute Gasteiger partial charge is 0.483 e. The van der Waals surface area contributed by atoms with Crippen LogP contribution in [0, 0.1) is 5.92 Å². The third-order valence-electron chi connectivity index (χ3n) is 3.74. The molecule has 0 radical (unpaired) electrons. The standard InChI is InChI=1S/C15H19Br2NO3/c16-11-5-6-14(12(17)7-11)21-9-15(20)18-13-4-2-1-3-10(13)8-19/h5-7,10,13,19H,1-4,8-9H2,(H,18,20). The fraction of sp³-hybridized carbons (Fsp3) is 0.533. The van der Waals surface area contributed by atoms with Gasteiger partial charge in [0.25, 0.3) is 5.91 Å². The number of aliphatic hydroxyl groups excluding tert-OH is 1. The number of amides is 1. The topological polar surface area (TPSA) is 58.6 Å². The number of benzene rings is 1. The third-order valence-corrected chi connectivity index (χ3v) is 4.86. The van der Waals surface area contributed by atoms with E-state index in [0.717, 1.165) is 34.6 Å². The molecular weight excluding hydrogens is 402 g/mol. The first kappa shape index (κ1) is 16.8. The van der Waals surface area contributed by atoms with E-state index in [-0.39, 0.29) is 31.1 Å². The van der Waals surface area contributed by atoms with Crippen LogP contribution in [0.3, 0.4) is 0 Å². The molecule has 1 aliphatic rings. The van der Waals surface area contributed by atoms with Crippen molar-refractivity contribution in [2.24, 2.45) is 5.92 Å². The zero-order valence-corrected chi connectivity index (χ0v) is 14.8. The maximum atomic E-state index is 12.0. The first-order chi connectivity index (χ1) is 10.1. The second-order valence-corrected chi connectivity index (χ2v) is 7.03. The lowest BCUT2D eigenvalue weighted by atomic mass is 9.85. The molecule has 21 heavy (non-hydrogen) atoms. The van der Waals surface area contributed by atoms with Crippen LogP contribution in [0.4, 0.5) is 0 Å². The summed E-state index contributed by atoms with van der Waals surface area (Å²) in [5, 5.41) is 12.3. The first-order valence-corrected chi connectivity index (χ1v) is 8.67. The molecule has 1 fully saturated rings. The van der Waals surface area contributed by atoms with E-state index in [1.807, 2.05) is 12.1 Å². The van der Waals surface area contributed by atoms with Crippen LogP contribution in [0.5, 0.6) is 5.75 Å². The average molecular weight is 421 g/mol. The SMILES string of the molecule is O=C(COc1ccc(Br)cc1Br)NC1CCCCC1CO. The van der Waals surface area contributed by atoms with Crippen LogP contribution in [0.1, 0.15) is 25.7 Å². The molecule has 1 aromatic rings. The average Bonchev–Trinajstić information content (AvgIpc) is 2.47. The molecule has 0 bridgehead atoms. The van der Waals surface area contributed by atoms with E-state index in [1.54, 1.807) is 6.07 Å². The Bertz CT molecular complexity index is 496. The summed E-state index contributed by atoms with van der Waals surface area (Å²) in [6.07, 6.45) is 4.13. The van der Waals surface area contributed by atoms with Gasteiger partial charge in [0.15, 0.2) is 6.61 Å². The zero-order chi connectivity index (χ0) is 15.2. The number of ether oxygens (including phenoxy) is 1. The van der Waals surface area contributed by atoms with Gasteiger partial charge in [0, 0.05) is 23.0 Å². The maximum absolute atomic E-state index is 12.0. The highest BCUT2D eigenvalue weighted by Crippen LogP contribution is 2.28. The summed E-state index contributed by atoms with van der Waals surface area (Å²) in [5.41, 5.74) is 0. The van der Waals surface area contributed by atoms with Gasteiger partial charge in [0.2, 0.25) is 0 Å². The van der Waals surface area contributed by atoms with Crippen molar-refractivity contribution in [1.29, 1.82) is 0 Å². The van der Waals surface area contributed by atoms with E-state index in [2.05, 4.69) is 37.2 Å². The molecule has 2 rings (SSSR count). The van der Waals surface area contributed by atoms with Gasteiger partial charge >= 0.3 is 0 Å². The second kappa shape index (κ2) is 8.15. The minimum absolute atomic E-state index is 0.0190. The Morgan fingerprint density at radius 1 is 1.33 bits per heavy atom. The summed E-state index contributed by atoms with van der Waals surface area (Å²) in [6.45, 7) is 0.110. The van der Waals surface area contributed by atoms with Crippen molar-refractivity contribution in [3.8, 4) is 5.75 Å². The molecule has 116 valence electrons. The molecule has 0 aliphatic heterocycles. The smallest absolute Gasteiger partial charge is 0.258 e. The fourth-order valence-corrected chi connectivity index (χ4v) is 3.76. The molecule has 6 heteroatoms. The van der Waals surface area contributed by atoms with Crippen molar-refractivity contribution in [1.82, 2.24) is 5.32 Å². The van der Waals surface area contributed by atoms with Gasteiger partial charge in [-0.1, -0.05) is 28.8 Å². The van der Waals surface area contributed by atoms with Crippen LogP contribution >= 0.6 is 31.9 Å². The number of rotatable bonds is 5. The molecule has 2 atom stereocenters. The maximum Gasteiger partial charge on any atom is 0.258 e. The summed E-state index contributed by atoms with van der Waals surface area (Å²) < 4.78 is 7.27. The number of aliphatic hydroxyl groups is 1. The van der Waals surface area contributed by atoms with Gasteiger partial charge in [-0.3, -0.25) is 4.79 Å². The van der Waals surface area contributed by atoms with Crippen LogP contribution in [0.25, 0.3) is 0 Å². The highest BCUT2D eigenvalue weighted by Gasteiger charge is 2.25. The molecule has 1 aliphatic carbocycles. The quantitative estimate of drug-likeness (QED) is 0.768. The van der Waals surface area contributed by atoms with Crippen molar-refractivity contribution < 1.29 is 14.6 Å². The second-order valence-electron chi connectivity index (χ2n) is 5.26. The Hall–Kier alpha value is -0.590. The Morgan fingerprint density at radius 3 is 2.81 bits per heavy atom. The summed E-state index contributed by atoms with van der Waals surface area (Å²) in [5.74, 6) is 0.660. The number of hydrogen-bond acceptors (Lipinski definition) is 3. The van der Waals surface area contributed by atoms with Crippen LogP contribution in [-0.2, 0) is 4.79 Å². The van der Waals surface area contributed by atoms with E-state index in [9.17, 15) is 9.90 Å². The normalized spacial score (nSPS) is 21.9. The fourth-order valence-electron chi connectivity index (χ4n) is 2.60. The minimum atomic E-state index is -0.143. The van der Waals surface area contributed by atoms with Gasteiger partial charge in [0.1, 0.15) is 5.75 Å². The van der Waals surface area contributed by atoms with Gasteiger partial charge in [-0.2, -0.15) is 0 Å². The first-order valence-electron chi connectivity index (χ1n) is 7.08. The lowest BCUT2D eigenvalue weighted by molar-refractivity contribution is -0.124. The summed E-state index contributed by atoms with van der Waals surface area (Å²) >= 11 is 6.76. The van der Waals surface area contributed by atoms with E-state index in [1.165, 1.54) is 0 Å². The van der Waals surface area contributed by atoms with E-state index in [0.29, 0.717) is 5.75 Å². The molecule has 1 aromatic carbocycles. The van der Waals surface area contributed by atoms with Gasteiger partial charge in [0.05, 0.1) is 4.47 Å². The number of carbonyl (C=O) groups excluding carboxylic acids is 1. The van der Waals surface area contributed by atoms with Gasteiger partial charge in [-0.15, -0.1) is 0 Å². The summed E-state index contributed by atoms with van der Waals surface area (Å²) in [6, 6.07) is 5.60. The van der Waals surface area contributed by atoms with Gasteiger partial charge in [-0.05, 0) is 47.0 Å². The number of nitrogens with one attached hydrogen (secondary N) is 1. The Morgan fingerprint density at radius 2 is 2.10 bits per heavy atom. The van der Waals surface area contributed by atoms with Gasteiger partial charge in [-0.25, -0.2) is 0 Å². The van der Waals surface area contributed by atoms with Crippen molar-refractivity contribution in [2.75, 3.05) is 13.2 Å². The third kappa shape index (κ3) is 4.97. The van der Waals surface area contributed by atoms with Crippen molar-refractivity contribution >= 4 is 37.8 Å². The number of carbonyl (C=O) groups is 1. The van der Waals surface area contributed by atoms with Crippen LogP contribution < -0.4 is 10.1 Å². The van der Waals surface area contributed by atoms with Crippen LogP contribution in [0.15, 0.2) is 27.1 Å². The lowest BCUT2D eigenvalue weighted by Gasteiger charge is -2.30. The monoisotopic (exact) mass is 419 g/mol. The lowest BCUT2D eigenvalue weighted by Crippen LogP contribution is -2.45. The minimum Gasteiger partial charge on any atom is -0.483 e. The highest BCUT2D eigenvalue weighted by molar-refractivity contribution is 9.11.